The lowest BCUT2D eigenvalue weighted by Gasteiger charge is -2.37. The second-order valence-corrected chi connectivity index (χ2v) is 5.46. The quantitative estimate of drug-likeness (QED) is 0.849. The summed E-state index contributed by atoms with van der Waals surface area (Å²) in [6, 6.07) is 4.51. The molecule has 1 atom stereocenters. The molecule has 0 spiro atoms. The molecule has 0 radical (unpaired) electrons. The van der Waals surface area contributed by atoms with Crippen LogP contribution in [0.2, 0.25) is 5.02 Å². The van der Waals surface area contributed by atoms with E-state index in [1.807, 2.05) is 0 Å². The third-order valence-corrected chi connectivity index (χ3v) is 3.89. The Morgan fingerprint density at radius 3 is 2.87 bits per heavy atom. The van der Waals surface area contributed by atoms with Gasteiger partial charge in [0.25, 0.3) is 0 Å². The fourth-order valence-electron chi connectivity index (χ4n) is 2.38. The predicted molar refractivity (Wildman–Crippen MR) is 79.1 cm³/mol. The number of benzene rings is 1. The number of carbonyl (C=O) groups is 2. The summed E-state index contributed by atoms with van der Waals surface area (Å²) in [5.74, 6) is -0.332. The molecule has 0 bridgehead atoms. The highest BCUT2D eigenvalue weighted by Crippen LogP contribution is 2.20. The zero-order valence-electron chi connectivity index (χ0n) is 11.9. The first-order chi connectivity index (χ1) is 11.1. The molecule has 2 amide bonds. The lowest BCUT2D eigenvalue weighted by atomic mass is 10.0. The highest BCUT2D eigenvalue weighted by molar-refractivity contribution is 6.30. The molecule has 9 nitrogen and oxygen atoms in total. The van der Waals surface area contributed by atoms with Gasteiger partial charge in [-0.2, -0.15) is 0 Å². The second-order valence-electron chi connectivity index (χ2n) is 5.03. The van der Waals surface area contributed by atoms with E-state index < -0.39 is 12.1 Å². The number of likely N-dealkylation sites (tertiary alicyclic amines) is 1. The largest absolute Gasteiger partial charge is 0.465 e. The summed E-state index contributed by atoms with van der Waals surface area (Å²) in [4.78, 5) is 24.1. The van der Waals surface area contributed by atoms with Crippen molar-refractivity contribution >= 4 is 23.6 Å². The second kappa shape index (κ2) is 6.21. The third kappa shape index (κ3) is 3.09. The van der Waals surface area contributed by atoms with E-state index in [9.17, 15) is 9.59 Å². The molecule has 3 rings (SSSR count). The van der Waals surface area contributed by atoms with Crippen LogP contribution < -0.4 is 5.32 Å². The van der Waals surface area contributed by atoms with Crippen LogP contribution in [0.15, 0.2) is 24.5 Å². The number of hydrogen-bond acceptors (Lipinski definition) is 5. The Balaban J connectivity index is 1.72. The zero-order valence-corrected chi connectivity index (χ0v) is 12.6. The van der Waals surface area contributed by atoms with Crippen molar-refractivity contribution in [2.75, 3.05) is 6.54 Å². The van der Waals surface area contributed by atoms with Crippen LogP contribution >= 0.6 is 11.6 Å². The molecule has 1 aliphatic rings. The number of tetrazole rings is 1. The van der Waals surface area contributed by atoms with Gasteiger partial charge in [-0.1, -0.05) is 11.6 Å². The molecule has 2 aromatic rings. The molecule has 2 N–H and O–H groups in total. The van der Waals surface area contributed by atoms with Gasteiger partial charge < -0.3 is 10.4 Å². The predicted octanol–water partition coefficient (Wildman–Crippen LogP) is 0.684. The molecule has 23 heavy (non-hydrogen) atoms. The van der Waals surface area contributed by atoms with E-state index in [2.05, 4.69) is 20.8 Å². The van der Waals surface area contributed by atoms with E-state index in [-0.39, 0.29) is 12.5 Å². The third-order valence-electron chi connectivity index (χ3n) is 3.66. The molecular weight excluding hydrogens is 324 g/mol. The summed E-state index contributed by atoms with van der Waals surface area (Å²) in [7, 11) is 0. The van der Waals surface area contributed by atoms with Crippen molar-refractivity contribution in [3.05, 3.63) is 35.1 Å². The number of carboxylic acid groups (broad SMARTS) is 1. The summed E-state index contributed by atoms with van der Waals surface area (Å²) in [5, 5.41) is 23.2. The van der Waals surface area contributed by atoms with Gasteiger partial charge in [-0.25, -0.2) is 9.48 Å². The van der Waals surface area contributed by atoms with Crippen molar-refractivity contribution in [2.24, 2.45) is 0 Å². The maximum atomic E-state index is 12.1. The Morgan fingerprint density at radius 2 is 2.26 bits per heavy atom. The van der Waals surface area contributed by atoms with Crippen LogP contribution in [-0.4, -0.2) is 54.8 Å². The first-order valence-corrected chi connectivity index (χ1v) is 7.23. The Labute approximate surface area is 135 Å². The normalized spacial score (nSPS) is 16.7. The van der Waals surface area contributed by atoms with Crippen molar-refractivity contribution in [1.82, 2.24) is 30.4 Å². The summed E-state index contributed by atoms with van der Waals surface area (Å²) in [6.07, 6.45) is 0.869. The molecule has 1 aromatic heterocycles. The van der Waals surface area contributed by atoms with Crippen LogP contribution in [-0.2, 0) is 11.3 Å². The number of rotatable bonds is 4. The topological polar surface area (TPSA) is 113 Å². The minimum absolute atomic E-state index is 0.193. The molecule has 2 heterocycles. The van der Waals surface area contributed by atoms with E-state index >= 15 is 0 Å². The maximum Gasteiger partial charge on any atom is 0.407 e. The molecule has 120 valence electrons. The van der Waals surface area contributed by atoms with Gasteiger partial charge >= 0.3 is 6.09 Å². The number of amides is 2. The molecule has 0 aliphatic carbocycles. The number of halogens is 1. The van der Waals surface area contributed by atoms with Crippen molar-refractivity contribution in [2.45, 2.75) is 19.0 Å². The average molecular weight is 337 g/mol. The fraction of sp³-hybridized carbons (Fsp3) is 0.308. The van der Waals surface area contributed by atoms with E-state index in [4.69, 9.17) is 16.7 Å². The van der Waals surface area contributed by atoms with Gasteiger partial charge in [-0.15, -0.1) is 5.10 Å². The van der Waals surface area contributed by atoms with Gasteiger partial charge in [0.05, 0.1) is 5.69 Å². The highest BCUT2D eigenvalue weighted by atomic mass is 35.5. The Hall–Kier alpha value is -2.68. The van der Waals surface area contributed by atoms with Crippen molar-refractivity contribution in [3.63, 3.8) is 0 Å². The molecule has 1 saturated heterocycles. The van der Waals surface area contributed by atoms with E-state index in [1.54, 1.807) is 18.2 Å². The maximum absolute atomic E-state index is 12.1. The Kier molecular flexibility index (Phi) is 4.11. The van der Waals surface area contributed by atoms with E-state index in [0.29, 0.717) is 23.7 Å². The standard InChI is InChI=1S/C13H13ClN6O3/c14-9-1-2-10(20-7-16-17-18-20)8(5-9)6-15-12(21)11-3-4-19(11)13(22)23/h1-2,5,7,11H,3-4,6H2,(H,15,21)(H,22,23)/t11-/m0/s1. The van der Waals surface area contributed by atoms with Crippen LogP contribution in [0.5, 0.6) is 0 Å². The van der Waals surface area contributed by atoms with Gasteiger partial charge in [0.1, 0.15) is 12.4 Å². The summed E-state index contributed by atoms with van der Waals surface area (Å²) in [5.41, 5.74) is 1.41. The van der Waals surface area contributed by atoms with Crippen LogP contribution in [0.3, 0.4) is 0 Å². The Morgan fingerprint density at radius 1 is 1.43 bits per heavy atom. The monoisotopic (exact) mass is 336 g/mol. The molecule has 0 saturated carbocycles. The summed E-state index contributed by atoms with van der Waals surface area (Å²) in [6.45, 7) is 0.568. The lowest BCUT2D eigenvalue weighted by molar-refractivity contribution is -0.129. The van der Waals surface area contributed by atoms with Gasteiger partial charge in [0.2, 0.25) is 5.91 Å². The summed E-state index contributed by atoms with van der Waals surface area (Å²) < 4.78 is 1.46. The average Bonchev–Trinajstić information content (AvgIpc) is 2.97. The van der Waals surface area contributed by atoms with Gasteiger partial charge in [0, 0.05) is 18.1 Å². The first-order valence-electron chi connectivity index (χ1n) is 6.85. The first kappa shape index (κ1) is 15.2. The minimum atomic E-state index is -1.09. The lowest BCUT2D eigenvalue weighted by Crippen LogP contribution is -2.57. The van der Waals surface area contributed by atoms with Crippen molar-refractivity contribution < 1.29 is 14.7 Å². The number of hydrogen-bond donors (Lipinski definition) is 2. The van der Waals surface area contributed by atoms with E-state index in [0.717, 1.165) is 10.5 Å². The Bertz CT molecular complexity index is 735. The van der Waals surface area contributed by atoms with Crippen LogP contribution in [0.25, 0.3) is 5.69 Å². The van der Waals surface area contributed by atoms with Crippen LogP contribution in [0.4, 0.5) is 4.79 Å². The zero-order chi connectivity index (χ0) is 16.4. The number of nitrogens with zero attached hydrogens (tertiary/aromatic N) is 5. The van der Waals surface area contributed by atoms with Gasteiger partial charge in [-0.3, -0.25) is 9.69 Å². The highest BCUT2D eigenvalue weighted by Gasteiger charge is 2.37. The molecule has 0 unspecified atom stereocenters. The molecule has 1 fully saturated rings. The molecular formula is C13H13ClN6O3. The van der Waals surface area contributed by atoms with Crippen molar-refractivity contribution in [1.29, 1.82) is 0 Å². The fourth-order valence-corrected chi connectivity index (χ4v) is 2.57. The molecule has 1 aliphatic heterocycles. The van der Waals surface area contributed by atoms with Crippen LogP contribution in [0, 0.1) is 0 Å². The smallest absolute Gasteiger partial charge is 0.407 e. The van der Waals surface area contributed by atoms with E-state index in [1.165, 1.54) is 11.0 Å². The summed E-state index contributed by atoms with van der Waals surface area (Å²) >= 11 is 6.00. The number of nitrogens with one attached hydrogen (secondary N) is 1. The molecule has 10 heteroatoms. The molecule has 1 aromatic carbocycles. The van der Waals surface area contributed by atoms with Crippen molar-refractivity contribution in [3.8, 4) is 5.69 Å². The number of aromatic nitrogens is 4. The van der Waals surface area contributed by atoms with Crippen LogP contribution in [0.1, 0.15) is 12.0 Å². The minimum Gasteiger partial charge on any atom is -0.465 e. The van der Waals surface area contributed by atoms with Gasteiger partial charge in [0.15, 0.2) is 0 Å². The van der Waals surface area contributed by atoms with Gasteiger partial charge in [-0.05, 0) is 40.6 Å². The number of carbonyl (C=O) groups excluding carboxylic acids is 1. The SMILES string of the molecule is O=C(NCc1cc(Cl)ccc1-n1cnnn1)[C@@H]1CCN1C(=O)O.